The number of hydrogen-bond acceptors (Lipinski definition) is 3. The molecule has 0 bridgehead atoms. The van der Waals surface area contributed by atoms with Crippen LogP contribution in [0.4, 0.5) is 10.1 Å². The summed E-state index contributed by atoms with van der Waals surface area (Å²) < 4.78 is 13.9. The summed E-state index contributed by atoms with van der Waals surface area (Å²) in [5, 5.41) is 2.67. The maximum atomic E-state index is 13.9. The number of nitrogens with two attached hydrogens (primary N) is 1. The molecule has 1 aromatic rings. The van der Waals surface area contributed by atoms with Crippen LogP contribution in [0.2, 0.25) is 0 Å². The van der Waals surface area contributed by atoms with Crippen molar-refractivity contribution >= 4 is 28.8 Å². The second kappa shape index (κ2) is 6.17. The monoisotopic (exact) mass is 295 g/mol. The van der Waals surface area contributed by atoms with Gasteiger partial charge in [0.05, 0.1) is 11.5 Å². The Balaban J connectivity index is 2.30. The van der Waals surface area contributed by atoms with Crippen LogP contribution in [0.15, 0.2) is 18.2 Å². The Kier molecular flexibility index (Phi) is 4.54. The van der Waals surface area contributed by atoms with Crippen LogP contribution >= 0.6 is 12.2 Å². The topological polar surface area (TPSA) is 58.4 Å². The average Bonchev–Trinajstić information content (AvgIpc) is 2.45. The molecule has 20 heavy (non-hydrogen) atoms. The lowest BCUT2D eigenvalue weighted by Crippen LogP contribution is -2.42. The first-order chi connectivity index (χ1) is 9.54. The van der Waals surface area contributed by atoms with Gasteiger partial charge in [0.2, 0.25) is 5.91 Å². The number of nitrogens with zero attached hydrogens (tertiary/aromatic N) is 1. The number of anilines is 1. The van der Waals surface area contributed by atoms with Gasteiger partial charge in [-0.05, 0) is 25.0 Å². The lowest BCUT2D eigenvalue weighted by Gasteiger charge is -2.34. The summed E-state index contributed by atoms with van der Waals surface area (Å²) in [5.74, 6) is -0.490. The first kappa shape index (κ1) is 14.7. The van der Waals surface area contributed by atoms with Gasteiger partial charge < -0.3 is 16.0 Å². The van der Waals surface area contributed by atoms with Gasteiger partial charge in [0.1, 0.15) is 10.8 Å². The van der Waals surface area contributed by atoms with Crippen molar-refractivity contribution in [3.05, 3.63) is 29.6 Å². The molecule has 1 aromatic carbocycles. The predicted octanol–water partition coefficient (Wildman–Crippen LogP) is 1.42. The van der Waals surface area contributed by atoms with Gasteiger partial charge in [-0.15, -0.1) is 0 Å². The molecule has 1 atom stereocenters. The van der Waals surface area contributed by atoms with Crippen molar-refractivity contribution < 1.29 is 9.18 Å². The number of piperidine rings is 1. The Morgan fingerprint density at radius 3 is 2.95 bits per heavy atom. The second-order valence-corrected chi connectivity index (χ2v) is 5.34. The number of rotatable bonds is 3. The zero-order valence-corrected chi connectivity index (χ0v) is 12.2. The molecule has 0 saturated carbocycles. The van der Waals surface area contributed by atoms with E-state index in [9.17, 15) is 9.18 Å². The van der Waals surface area contributed by atoms with Crippen molar-refractivity contribution in [2.45, 2.75) is 12.8 Å². The van der Waals surface area contributed by atoms with E-state index in [2.05, 4.69) is 5.32 Å². The Bertz CT molecular complexity index is 535. The van der Waals surface area contributed by atoms with Gasteiger partial charge in [-0.2, -0.15) is 0 Å². The number of nitrogens with one attached hydrogen (secondary N) is 1. The fourth-order valence-electron chi connectivity index (χ4n) is 2.63. The number of hydrogen-bond donors (Lipinski definition) is 2. The van der Waals surface area contributed by atoms with Gasteiger partial charge in [0, 0.05) is 25.8 Å². The van der Waals surface area contributed by atoms with Crippen LogP contribution in [0.25, 0.3) is 0 Å². The Morgan fingerprint density at radius 1 is 1.55 bits per heavy atom. The summed E-state index contributed by atoms with van der Waals surface area (Å²) in [6, 6.07) is 4.78. The van der Waals surface area contributed by atoms with E-state index < -0.39 is 5.82 Å². The molecule has 1 unspecified atom stereocenters. The molecular formula is C14H18FN3OS. The highest BCUT2D eigenvalue weighted by molar-refractivity contribution is 7.80. The third kappa shape index (κ3) is 2.90. The van der Waals surface area contributed by atoms with Crippen LogP contribution < -0.4 is 16.0 Å². The van der Waals surface area contributed by atoms with E-state index in [1.54, 1.807) is 19.2 Å². The van der Waals surface area contributed by atoms with Crippen LogP contribution in [0.3, 0.4) is 0 Å². The molecule has 1 aliphatic heterocycles. The van der Waals surface area contributed by atoms with Gasteiger partial charge in [-0.3, -0.25) is 4.79 Å². The zero-order valence-electron chi connectivity index (χ0n) is 11.4. The van der Waals surface area contributed by atoms with Crippen LogP contribution in [0.1, 0.15) is 18.4 Å². The third-order valence-corrected chi connectivity index (χ3v) is 3.82. The van der Waals surface area contributed by atoms with E-state index in [1.165, 1.54) is 6.07 Å². The van der Waals surface area contributed by atoms with Gasteiger partial charge in [-0.1, -0.05) is 18.3 Å². The normalized spacial score (nSPS) is 18.7. The Labute approximate surface area is 123 Å². The molecule has 0 spiro atoms. The highest BCUT2D eigenvalue weighted by Crippen LogP contribution is 2.28. The van der Waals surface area contributed by atoms with Crippen molar-refractivity contribution in [1.82, 2.24) is 5.32 Å². The van der Waals surface area contributed by atoms with E-state index in [0.29, 0.717) is 12.2 Å². The summed E-state index contributed by atoms with van der Waals surface area (Å²) in [5.41, 5.74) is 6.56. The van der Waals surface area contributed by atoms with Crippen LogP contribution in [0.5, 0.6) is 0 Å². The molecule has 1 heterocycles. The lowest BCUT2D eigenvalue weighted by atomic mass is 9.96. The quantitative estimate of drug-likeness (QED) is 0.828. The Hall–Kier alpha value is -1.69. The van der Waals surface area contributed by atoms with Crippen molar-refractivity contribution in [1.29, 1.82) is 0 Å². The molecule has 0 aromatic heterocycles. The minimum absolute atomic E-state index is 0.0166. The smallest absolute Gasteiger partial charge is 0.224 e. The lowest BCUT2D eigenvalue weighted by molar-refractivity contribution is -0.124. The van der Waals surface area contributed by atoms with Crippen LogP contribution in [0, 0.1) is 11.7 Å². The molecule has 1 fully saturated rings. The molecule has 1 amide bonds. The molecule has 4 nitrogen and oxygen atoms in total. The van der Waals surface area contributed by atoms with E-state index >= 15 is 0 Å². The zero-order chi connectivity index (χ0) is 14.7. The molecule has 108 valence electrons. The maximum Gasteiger partial charge on any atom is 0.224 e. The molecule has 0 radical (unpaired) electrons. The largest absolute Gasteiger partial charge is 0.389 e. The van der Waals surface area contributed by atoms with Crippen LogP contribution in [-0.2, 0) is 4.79 Å². The van der Waals surface area contributed by atoms with Crippen molar-refractivity contribution in [3.8, 4) is 0 Å². The van der Waals surface area contributed by atoms with Crippen molar-refractivity contribution in [2.24, 2.45) is 11.7 Å². The van der Waals surface area contributed by atoms with Gasteiger partial charge in [-0.25, -0.2) is 4.39 Å². The minimum atomic E-state index is -0.419. The summed E-state index contributed by atoms with van der Waals surface area (Å²) in [6.45, 7) is 1.32. The van der Waals surface area contributed by atoms with Gasteiger partial charge in [0.25, 0.3) is 0 Å². The SMILES string of the molecule is CNC(=O)C1CCCN(c2cccc(F)c2C(N)=S)C1. The highest BCUT2D eigenvalue weighted by atomic mass is 32.1. The molecule has 1 saturated heterocycles. The number of thiocarbonyl (C=S) groups is 1. The molecule has 1 aliphatic rings. The first-order valence-corrected chi connectivity index (χ1v) is 7.00. The van der Waals surface area contributed by atoms with Gasteiger partial charge in [0.15, 0.2) is 0 Å². The van der Waals surface area contributed by atoms with E-state index in [0.717, 1.165) is 19.4 Å². The predicted molar refractivity (Wildman–Crippen MR) is 81.3 cm³/mol. The standard InChI is InChI=1S/C14H18FN3OS/c1-17-14(19)9-4-3-7-18(8-9)11-6-2-5-10(15)12(11)13(16)20/h2,5-6,9H,3-4,7-8H2,1H3,(H2,16,20)(H,17,19). The van der Waals surface area contributed by atoms with Crippen LogP contribution in [-0.4, -0.2) is 31.0 Å². The summed E-state index contributed by atoms with van der Waals surface area (Å²) >= 11 is 4.94. The fraction of sp³-hybridized carbons (Fsp3) is 0.429. The number of benzene rings is 1. The maximum absolute atomic E-state index is 13.9. The minimum Gasteiger partial charge on any atom is -0.389 e. The molecule has 3 N–H and O–H groups in total. The first-order valence-electron chi connectivity index (χ1n) is 6.59. The van der Waals surface area contributed by atoms with E-state index in [4.69, 9.17) is 18.0 Å². The Morgan fingerprint density at radius 2 is 2.30 bits per heavy atom. The fourth-order valence-corrected chi connectivity index (χ4v) is 2.84. The van der Waals surface area contributed by atoms with E-state index in [1.807, 2.05) is 4.90 Å². The average molecular weight is 295 g/mol. The molecule has 2 rings (SSSR count). The summed E-state index contributed by atoms with van der Waals surface area (Å²) in [4.78, 5) is 13.8. The highest BCUT2D eigenvalue weighted by Gasteiger charge is 2.27. The molecule has 0 aliphatic carbocycles. The van der Waals surface area contributed by atoms with Crippen molar-refractivity contribution in [2.75, 3.05) is 25.0 Å². The second-order valence-electron chi connectivity index (χ2n) is 4.90. The van der Waals surface area contributed by atoms with Crippen molar-refractivity contribution in [3.63, 3.8) is 0 Å². The number of carbonyl (C=O) groups excluding carboxylic acids is 1. The number of halogens is 1. The van der Waals surface area contributed by atoms with Gasteiger partial charge >= 0.3 is 0 Å². The number of amides is 1. The number of carbonyl (C=O) groups is 1. The summed E-state index contributed by atoms with van der Waals surface area (Å²) in [7, 11) is 1.63. The molecular weight excluding hydrogens is 277 g/mol. The van der Waals surface area contributed by atoms with E-state index in [-0.39, 0.29) is 22.4 Å². The molecule has 6 heteroatoms. The third-order valence-electron chi connectivity index (χ3n) is 3.62. The summed E-state index contributed by atoms with van der Waals surface area (Å²) in [6.07, 6.45) is 1.72.